The molecular formula is C11H22O5. The third-order valence-corrected chi connectivity index (χ3v) is 2.02. The molecule has 5 heteroatoms. The Morgan fingerprint density at radius 1 is 1.38 bits per heavy atom. The zero-order valence-electron chi connectivity index (χ0n) is 10.0. The maximum atomic E-state index is 11.2. The molecule has 0 rings (SSSR count). The monoisotopic (exact) mass is 234 g/mol. The van der Waals surface area contributed by atoms with Gasteiger partial charge >= 0.3 is 5.97 Å². The number of carbonyl (C=O) groups excluding carboxylic acids is 1. The standard InChI is InChI=1S/C11H22O5/c1-3-4-5-6-11(14)16-9(2)15-8-10(13)7-12/h9-10,12-13H,3-8H2,1-2H3. The molecule has 0 bridgehead atoms. The minimum atomic E-state index is -0.929. The van der Waals surface area contributed by atoms with Crippen molar-refractivity contribution < 1.29 is 24.5 Å². The SMILES string of the molecule is CCCCCC(=O)OC(C)OCC(O)CO. The van der Waals surface area contributed by atoms with E-state index in [0.717, 1.165) is 19.3 Å². The van der Waals surface area contributed by atoms with E-state index in [-0.39, 0.29) is 19.2 Å². The van der Waals surface area contributed by atoms with E-state index < -0.39 is 12.4 Å². The number of ether oxygens (including phenoxy) is 2. The largest absolute Gasteiger partial charge is 0.436 e. The zero-order chi connectivity index (χ0) is 12.4. The summed E-state index contributed by atoms with van der Waals surface area (Å²) in [6.07, 6.45) is 1.66. The molecule has 2 unspecified atom stereocenters. The predicted molar refractivity (Wildman–Crippen MR) is 58.7 cm³/mol. The fourth-order valence-electron chi connectivity index (χ4n) is 1.10. The van der Waals surface area contributed by atoms with Gasteiger partial charge in [0.1, 0.15) is 6.10 Å². The first-order valence-electron chi connectivity index (χ1n) is 5.70. The summed E-state index contributed by atoms with van der Waals surface area (Å²) in [4.78, 5) is 11.2. The van der Waals surface area contributed by atoms with Gasteiger partial charge in [-0.05, 0) is 13.3 Å². The second kappa shape index (κ2) is 9.57. The van der Waals surface area contributed by atoms with Gasteiger partial charge in [-0.25, -0.2) is 0 Å². The molecular weight excluding hydrogens is 212 g/mol. The van der Waals surface area contributed by atoms with Crippen LogP contribution in [0.5, 0.6) is 0 Å². The van der Waals surface area contributed by atoms with Gasteiger partial charge in [0.15, 0.2) is 6.29 Å². The van der Waals surface area contributed by atoms with Crippen molar-refractivity contribution >= 4 is 5.97 Å². The quantitative estimate of drug-likeness (QED) is 0.351. The summed E-state index contributed by atoms with van der Waals surface area (Å²) in [7, 11) is 0. The lowest BCUT2D eigenvalue weighted by Crippen LogP contribution is -2.25. The van der Waals surface area contributed by atoms with Crippen LogP contribution < -0.4 is 0 Å². The number of hydrogen-bond donors (Lipinski definition) is 2. The highest BCUT2D eigenvalue weighted by Gasteiger charge is 2.11. The topological polar surface area (TPSA) is 76.0 Å². The summed E-state index contributed by atoms with van der Waals surface area (Å²) in [6.45, 7) is 3.24. The maximum Gasteiger partial charge on any atom is 0.308 e. The third kappa shape index (κ3) is 8.64. The highest BCUT2D eigenvalue weighted by Crippen LogP contribution is 2.03. The lowest BCUT2D eigenvalue weighted by Gasteiger charge is -2.15. The van der Waals surface area contributed by atoms with E-state index in [9.17, 15) is 4.79 Å². The predicted octanol–water partition coefficient (Wildman–Crippen LogP) is 0.826. The van der Waals surface area contributed by atoms with Crippen LogP contribution in [-0.2, 0) is 14.3 Å². The average molecular weight is 234 g/mol. The number of carbonyl (C=O) groups is 1. The summed E-state index contributed by atoms with van der Waals surface area (Å²) >= 11 is 0. The van der Waals surface area contributed by atoms with Crippen LogP contribution in [0.4, 0.5) is 0 Å². The first-order valence-corrected chi connectivity index (χ1v) is 5.70. The van der Waals surface area contributed by atoms with Crippen molar-refractivity contribution in [3.63, 3.8) is 0 Å². The van der Waals surface area contributed by atoms with Gasteiger partial charge in [-0.2, -0.15) is 0 Å². The Bertz CT molecular complexity index is 183. The number of esters is 1. The first kappa shape index (κ1) is 15.3. The summed E-state index contributed by atoms with van der Waals surface area (Å²) in [5, 5.41) is 17.5. The Morgan fingerprint density at radius 2 is 2.06 bits per heavy atom. The molecule has 0 aliphatic carbocycles. The van der Waals surface area contributed by atoms with Crippen molar-refractivity contribution in [2.45, 2.75) is 51.9 Å². The molecule has 0 saturated heterocycles. The van der Waals surface area contributed by atoms with Crippen LogP contribution in [0.1, 0.15) is 39.5 Å². The molecule has 0 heterocycles. The molecule has 5 nitrogen and oxygen atoms in total. The van der Waals surface area contributed by atoms with Crippen molar-refractivity contribution in [1.29, 1.82) is 0 Å². The van der Waals surface area contributed by atoms with Gasteiger partial charge in [0.25, 0.3) is 0 Å². The van der Waals surface area contributed by atoms with Crippen LogP contribution in [0.15, 0.2) is 0 Å². The van der Waals surface area contributed by atoms with Gasteiger partial charge in [-0.15, -0.1) is 0 Å². The van der Waals surface area contributed by atoms with Gasteiger partial charge in [0.05, 0.1) is 13.2 Å². The molecule has 16 heavy (non-hydrogen) atoms. The van der Waals surface area contributed by atoms with Gasteiger partial charge in [-0.1, -0.05) is 19.8 Å². The van der Waals surface area contributed by atoms with Crippen LogP contribution >= 0.6 is 0 Å². The number of aliphatic hydroxyl groups is 2. The minimum Gasteiger partial charge on any atom is -0.436 e. The maximum absolute atomic E-state index is 11.2. The lowest BCUT2D eigenvalue weighted by atomic mass is 10.2. The Balaban J connectivity index is 3.53. The Kier molecular flexibility index (Phi) is 9.18. The van der Waals surface area contributed by atoms with Crippen molar-refractivity contribution in [1.82, 2.24) is 0 Å². The van der Waals surface area contributed by atoms with E-state index >= 15 is 0 Å². The second-order valence-corrected chi connectivity index (χ2v) is 3.68. The number of aliphatic hydroxyl groups excluding tert-OH is 2. The van der Waals surface area contributed by atoms with Crippen molar-refractivity contribution in [3.05, 3.63) is 0 Å². The zero-order valence-corrected chi connectivity index (χ0v) is 10.0. The fourth-order valence-corrected chi connectivity index (χ4v) is 1.10. The molecule has 0 aromatic heterocycles. The lowest BCUT2D eigenvalue weighted by molar-refractivity contribution is -0.180. The van der Waals surface area contributed by atoms with E-state index in [1.54, 1.807) is 6.92 Å². The van der Waals surface area contributed by atoms with E-state index in [1.807, 2.05) is 0 Å². The number of unbranched alkanes of at least 4 members (excludes halogenated alkanes) is 2. The van der Waals surface area contributed by atoms with Gasteiger partial charge in [-0.3, -0.25) is 4.79 Å². The Labute approximate surface area is 96.4 Å². The molecule has 0 amide bonds. The first-order chi connectivity index (χ1) is 7.60. The van der Waals surface area contributed by atoms with Crippen molar-refractivity contribution in [3.8, 4) is 0 Å². The van der Waals surface area contributed by atoms with Crippen LogP contribution in [0.3, 0.4) is 0 Å². The van der Waals surface area contributed by atoms with Crippen molar-refractivity contribution in [2.75, 3.05) is 13.2 Å². The molecule has 96 valence electrons. The molecule has 2 N–H and O–H groups in total. The molecule has 0 aliphatic heterocycles. The molecule has 0 aromatic carbocycles. The number of hydrogen-bond acceptors (Lipinski definition) is 5. The molecule has 0 radical (unpaired) electrons. The highest BCUT2D eigenvalue weighted by atomic mass is 16.7. The van der Waals surface area contributed by atoms with Crippen LogP contribution in [0, 0.1) is 0 Å². The Hall–Kier alpha value is -0.650. The summed E-state index contributed by atoms with van der Waals surface area (Å²) in [5.74, 6) is -0.292. The van der Waals surface area contributed by atoms with E-state index in [2.05, 4.69) is 6.92 Å². The number of rotatable bonds is 9. The second-order valence-electron chi connectivity index (χ2n) is 3.68. The van der Waals surface area contributed by atoms with Gasteiger partial charge < -0.3 is 19.7 Å². The molecule has 0 aromatic rings. The minimum absolute atomic E-state index is 0.0418. The fraction of sp³-hybridized carbons (Fsp3) is 0.909. The van der Waals surface area contributed by atoms with Crippen LogP contribution in [0.2, 0.25) is 0 Å². The Morgan fingerprint density at radius 3 is 2.62 bits per heavy atom. The molecule has 0 spiro atoms. The summed E-state index contributed by atoms with van der Waals surface area (Å²) in [6, 6.07) is 0. The van der Waals surface area contributed by atoms with Gasteiger partial charge in [0.2, 0.25) is 0 Å². The van der Waals surface area contributed by atoms with Crippen molar-refractivity contribution in [2.24, 2.45) is 0 Å². The molecule has 2 atom stereocenters. The summed E-state index contributed by atoms with van der Waals surface area (Å²) < 4.78 is 9.96. The van der Waals surface area contributed by atoms with E-state index in [4.69, 9.17) is 19.7 Å². The average Bonchev–Trinajstić information content (AvgIpc) is 2.26. The normalized spacial score (nSPS) is 14.5. The van der Waals surface area contributed by atoms with E-state index in [0.29, 0.717) is 6.42 Å². The van der Waals surface area contributed by atoms with Crippen LogP contribution in [0.25, 0.3) is 0 Å². The highest BCUT2D eigenvalue weighted by molar-refractivity contribution is 5.69. The van der Waals surface area contributed by atoms with Gasteiger partial charge in [0, 0.05) is 6.42 Å². The smallest absolute Gasteiger partial charge is 0.308 e. The molecule has 0 aliphatic rings. The molecule has 0 saturated carbocycles. The summed E-state index contributed by atoms with van der Waals surface area (Å²) in [5.41, 5.74) is 0. The third-order valence-electron chi connectivity index (χ3n) is 2.02. The van der Waals surface area contributed by atoms with E-state index in [1.165, 1.54) is 0 Å². The molecule has 0 fully saturated rings. The van der Waals surface area contributed by atoms with Crippen LogP contribution in [-0.4, -0.2) is 41.8 Å².